The van der Waals surface area contributed by atoms with Crippen molar-refractivity contribution in [2.45, 2.75) is 25.4 Å². The summed E-state index contributed by atoms with van der Waals surface area (Å²) in [5.41, 5.74) is 3.39. The standard InChI is InChI=1S/C30H23N3O5/c34-27(17-20-7-2-1-3-8-20)32(19-23-9-6-16-37-23)25-18-28(35)33(30(25)36)22-14-12-21(13-15-22)29-31-24-10-4-5-11-26(24)38-29/h1-16,25H,17-19H2. The summed E-state index contributed by atoms with van der Waals surface area (Å²) in [6.45, 7) is 0.0901. The van der Waals surface area contributed by atoms with E-state index in [4.69, 9.17) is 8.83 Å². The quantitative estimate of drug-likeness (QED) is 0.289. The number of hydrogen-bond donors (Lipinski definition) is 0. The minimum Gasteiger partial charge on any atom is -0.467 e. The topological polar surface area (TPSA) is 96.9 Å². The molecule has 2 aromatic heterocycles. The van der Waals surface area contributed by atoms with Crippen LogP contribution in [0.1, 0.15) is 17.7 Å². The molecule has 5 aromatic rings. The van der Waals surface area contributed by atoms with Crippen LogP contribution in [0.15, 0.2) is 106 Å². The Morgan fingerprint density at radius 1 is 0.921 bits per heavy atom. The molecule has 1 atom stereocenters. The third-order valence-corrected chi connectivity index (χ3v) is 6.59. The van der Waals surface area contributed by atoms with E-state index < -0.39 is 11.9 Å². The molecule has 0 spiro atoms. The van der Waals surface area contributed by atoms with Crippen molar-refractivity contribution in [3.63, 3.8) is 0 Å². The summed E-state index contributed by atoms with van der Waals surface area (Å²) in [7, 11) is 0. The number of carbonyl (C=O) groups is 3. The summed E-state index contributed by atoms with van der Waals surface area (Å²) in [4.78, 5) is 47.1. The highest BCUT2D eigenvalue weighted by atomic mass is 16.3. The van der Waals surface area contributed by atoms with Crippen molar-refractivity contribution < 1.29 is 23.2 Å². The number of hydrogen-bond acceptors (Lipinski definition) is 6. The Labute approximate surface area is 218 Å². The zero-order chi connectivity index (χ0) is 26.1. The molecular weight excluding hydrogens is 482 g/mol. The lowest BCUT2D eigenvalue weighted by Crippen LogP contribution is -2.45. The van der Waals surface area contributed by atoms with Gasteiger partial charge in [0, 0.05) is 5.56 Å². The molecule has 3 amide bonds. The molecule has 1 unspecified atom stereocenters. The van der Waals surface area contributed by atoms with Crippen LogP contribution in [0.3, 0.4) is 0 Å². The number of furan rings is 1. The molecule has 0 bridgehead atoms. The first-order valence-corrected chi connectivity index (χ1v) is 12.3. The Morgan fingerprint density at radius 3 is 2.42 bits per heavy atom. The van der Waals surface area contributed by atoms with Crippen molar-refractivity contribution in [3.05, 3.63) is 109 Å². The fourth-order valence-corrected chi connectivity index (χ4v) is 4.69. The minimum absolute atomic E-state index is 0.0901. The van der Waals surface area contributed by atoms with Crippen LogP contribution in [-0.4, -0.2) is 33.6 Å². The van der Waals surface area contributed by atoms with Crippen LogP contribution < -0.4 is 4.90 Å². The maximum Gasteiger partial charge on any atom is 0.257 e. The number of fused-ring (bicyclic) bond motifs is 1. The zero-order valence-corrected chi connectivity index (χ0v) is 20.3. The molecule has 0 saturated carbocycles. The predicted molar refractivity (Wildman–Crippen MR) is 140 cm³/mol. The van der Waals surface area contributed by atoms with E-state index >= 15 is 0 Å². The highest BCUT2D eigenvalue weighted by molar-refractivity contribution is 6.23. The molecule has 3 heterocycles. The monoisotopic (exact) mass is 505 g/mol. The van der Waals surface area contributed by atoms with E-state index in [9.17, 15) is 14.4 Å². The van der Waals surface area contributed by atoms with Crippen LogP contribution in [0.25, 0.3) is 22.6 Å². The predicted octanol–water partition coefficient (Wildman–Crippen LogP) is 4.99. The molecule has 0 N–H and O–H groups in total. The van der Waals surface area contributed by atoms with Gasteiger partial charge in [0.2, 0.25) is 17.7 Å². The number of rotatable bonds is 7. The molecule has 8 heteroatoms. The van der Waals surface area contributed by atoms with Gasteiger partial charge >= 0.3 is 0 Å². The van der Waals surface area contributed by atoms with Crippen LogP contribution in [-0.2, 0) is 27.3 Å². The van der Waals surface area contributed by atoms with Gasteiger partial charge < -0.3 is 13.7 Å². The molecule has 0 radical (unpaired) electrons. The average molecular weight is 506 g/mol. The summed E-state index contributed by atoms with van der Waals surface area (Å²) in [6.07, 6.45) is 1.52. The van der Waals surface area contributed by atoms with Crippen LogP contribution in [0.4, 0.5) is 5.69 Å². The smallest absolute Gasteiger partial charge is 0.257 e. The van der Waals surface area contributed by atoms with E-state index in [0.29, 0.717) is 22.9 Å². The van der Waals surface area contributed by atoms with Crippen LogP contribution in [0, 0.1) is 0 Å². The normalized spacial score (nSPS) is 15.4. The number of amides is 3. The maximum absolute atomic E-state index is 13.6. The van der Waals surface area contributed by atoms with Crippen LogP contribution >= 0.6 is 0 Å². The number of benzene rings is 3. The Morgan fingerprint density at radius 2 is 1.68 bits per heavy atom. The largest absolute Gasteiger partial charge is 0.467 e. The third kappa shape index (κ3) is 4.48. The van der Waals surface area contributed by atoms with Crippen molar-refractivity contribution in [1.82, 2.24) is 9.88 Å². The Balaban J connectivity index is 1.25. The van der Waals surface area contributed by atoms with E-state index in [1.165, 1.54) is 11.2 Å². The minimum atomic E-state index is -0.930. The van der Waals surface area contributed by atoms with Gasteiger partial charge in [-0.1, -0.05) is 42.5 Å². The number of aromatic nitrogens is 1. The first kappa shape index (κ1) is 23.4. The fraction of sp³-hybridized carbons (Fsp3) is 0.133. The fourth-order valence-electron chi connectivity index (χ4n) is 4.69. The maximum atomic E-state index is 13.6. The van der Waals surface area contributed by atoms with Crippen molar-refractivity contribution in [1.29, 1.82) is 0 Å². The molecular formula is C30H23N3O5. The summed E-state index contributed by atoms with van der Waals surface area (Å²) in [5, 5.41) is 0. The molecule has 1 aliphatic heterocycles. The van der Waals surface area contributed by atoms with Gasteiger partial charge in [0.05, 0.1) is 31.3 Å². The van der Waals surface area contributed by atoms with Gasteiger partial charge in [-0.3, -0.25) is 14.4 Å². The van der Waals surface area contributed by atoms with E-state index in [1.807, 2.05) is 54.6 Å². The van der Waals surface area contributed by atoms with Crippen molar-refractivity contribution >= 4 is 34.5 Å². The Kier molecular flexibility index (Phi) is 6.05. The number of carbonyl (C=O) groups excluding carboxylic acids is 3. The molecule has 1 saturated heterocycles. The number of nitrogens with zero attached hydrogens (tertiary/aromatic N) is 3. The lowest BCUT2D eigenvalue weighted by molar-refractivity contribution is -0.138. The highest BCUT2D eigenvalue weighted by Gasteiger charge is 2.44. The second-order valence-corrected chi connectivity index (χ2v) is 9.08. The molecule has 1 fully saturated rings. The number of imide groups is 1. The second kappa shape index (κ2) is 9.82. The number of oxazole rings is 1. The molecule has 188 valence electrons. The van der Waals surface area contributed by atoms with Gasteiger partial charge in [-0.05, 0) is 54.1 Å². The third-order valence-electron chi connectivity index (χ3n) is 6.59. The molecule has 0 aliphatic carbocycles. The molecule has 6 rings (SSSR count). The van der Waals surface area contributed by atoms with E-state index in [0.717, 1.165) is 21.5 Å². The van der Waals surface area contributed by atoms with Gasteiger partial charge in [-0.25, -0.2) is 9.88 Å². The SMILES string of the molecule is O=C1CC(N(Cc2ccco2)C(=O)Cc2ccccc2)C(=O)N1c1ccc(-c2nc3ccccc3o2)cc1. The van der Waals surface area contributed by atoms with Crippen molar-refractivity contribution in [2.24, 2.45) is 0 Å². The Bertz CT molecular complexity index is 1570. The summed E-state index contributed by atoms with van der Waals surface area (Å²) in [5.74, 6) is -0.0883. The van der Waals surface area contributed by atoms with Gasteiger partial charge in [0.15, 0.2) is 5.58 Å². The lowest BCUT2D eigenvalue weighted by atomic mass is 10.1. The second-order valence-electron chi connectivity index (χ2n) is 9.08. The van der Waals surface area contributed by atoms with E-state index in [1.54, 1.807) is 36.4 Å². The van der Waals surface area contributed by atoms with Crippen LogP contribution in [0.2, 0.25) is 0 Å². The highest BCUT2D eigenvalue weighted by Crippen LogP contribution is 2.30. The summed E-state index contributed by atoms with van der Waals surface area (Å²) >= 11 is 0. The van der Waals surface area contributed by atoms with E-state index in [2.05, 4.69) is 4.98 Å². The van der Waals surface area contributed by atoms with Crippen LogP contribution in [0.5, 0.6) is 0 Å². The number of para-hydroxylation sites is 2. The summed E-state index contributed by atoms with van der Waals surface area (Å²) in [6, 6.07) is 26.2. The van der Waals surface area contributed by atoms with E-state index in [-0.39, 0.29) is 31.2 Å². The van der Waals surface area contributed by atoms with Gasteiger partial charge in [-0.15, -0.1) is 0 Å². The van der Waals surface area contributed by atoms with Gasteiger partial charge in [0.25, 0.3) is 5.91 Å². The first-order valence-electron chi connectivity index (χ1n) is 12.3. The first-order chi connectivity index (χ1) is 18.6. The van der Waals surface area contributed by atoms with Crippen molar-refractivity contribution in [3.8, 4) is 11.5 Å². The summed E-state index contributed by atoms with van der Waals surface area (Å²) < 4.78 is 11.3. The molecule has 38 heavy (non-hydrogen) atoms. The van der Waals surface area contributed by atoms with Crippen molar-refractivity contribution in [2.75, 3.05) is 4.90 Å². The molecule has 3 aromatic carbocycles. The Hall–Kier alpha value is -4.98. The molecule has 8 nitrogen and oxygen atoms in total. The van der Waals surface area contributed by atoms with Gasteiger partial charge in [-0.2, -0.15) is 0 Å². The zero-order valence-electron chi connectivity index (χ0n) is 20.3. The molecule has 1 aliphatic rings. The lowest BCUT2D eigenvalue weighted by Gasteiger charge is -2.27. The number of anilines is 1. The van der Waals surface area contributed by atoms with Gasteiger partial charge in [0.1, 0.15) is 17.3 Å². The average Bonchev–Trinajstić information content (AvgIpc) is 3.67.